The van der Waals surface area contributed by atoms with Gasteiger partial charge in [-0.25, -0.2) is 0 Å². The summed E-state index contributed by atoms with van der Waals surface area (Å²) in [6, 6.07) is 2.69. The molecular weight excluding hydrogens is 923 g/mol. The first kappa shape index (κ1) is 52.4. The van der Waals surface area contributed by atoms with Gasteiger partial charge in [0.25, 0.3) is 0 Å². The number of H-pyrrole nitrogens is 1. The monoisotopic (exact) mass is 983 g/mol. The molecule has 2 bridgehead atoms. The van der Waals surface area contributed by atoms with Gasteiger partial charge in [-0.1, -0.05) is 53.0 Å². The number of hydrogen-bond donors (Lipinski definition) is 7. The summed E-state index contributed by atoms with van der Waals surface area (Å²) in [5.41, 5.74) is 6.40. The van der Waals surface area contributed by atoms with Gasteiger partial charge in [-0.2, -0.15) is 24.3 Å². The number of nitrogens with zero attached hydrogens (tertiary/aromatic N) is 1. The number of carbonyl (C=O) groups excluding carboxylic acids is 9. The van der Waals surface area contributed by atoms with E-state index in [9.17, 15) is 52.5 Å². The van der Waals surface area contributed by atoms with Crippen LogP contribution in [0.3, 0.4) is 0 Å². The minimum atomic E-state index is -2.16. The molecular formula is C44H60N7O11SY-. The molecule has 0 spiro atoms. The Kier molecular flexibility index (Phi) is 19.1. The summed E-state index contributed by atoms with van der Waals surface area (Å²) in [7, 11) is -2.16. The number of aromatic amines is 1. The van der Waals surface area contributed by atoms with E-state index in [1.807, 2.05) is 20.8 Å². The van der Waals surface area contributed by atoms with Crippen LogP contribution in [0.4, 0.5) is 0 Å². The fourth-order valence-electron chi connectivity index (χ4n) is 8.68. The van der Waals surface area contributed by atoms with Crippen LogP contribution >= 0.6 is 0 Å². The Labute approximate surface area is 400 Å². The molecule has 1 fully saturated rings. The van der Waals surface area contributed by atoms with E-state index in [2.05, 4.69) is 32.3 Å². The first-order chi connectivity index (χ1) is 29.8. The van der Waals surface area contributed by atoms with Crippen LogP contribution in [0.1, 0.15) is 91.5 Å². The van der Waals surface area contributed by atoms with Crippen LogP contribution in [0, 0.1) is 35.7 Å². The summed E-state index contributed by atoms with van der Waals surface area (Å²) in [5.74, 6) is -10.8. The molecule has 18 nitrogen and oxygen atoms in total. The van der Waals surface area contributed by atoms with E-state index in [1.54, 1.807) is 32.0 Å². The van der Waals surface area contributed by atoms with E-state index < -0.39 is 150 Å². The summed E-state index contributed by atoms with van der Waals surface area (Å²) >= 11 is 0. The minimum absolute atomic E-state index is 0. The molecule has 1 aromatic heterocycles. The second-order valence-corrected chi connectivity index (χ2v) is 18.8. The maximum absolute atomic E-state index is 14.7. The molecule has 6 amide bonds. The summed E-state index contributed by atoms with van der Waals surface area (Å²) in [6.07, 6.45) is -3.14. The van der Waals surface area contributed by atoms with E-state index >= 15 is 0 Å². The van der Waals surface area contributed by atoms with Crippen LogP contribution < -0.4 is 27.0 Å². The second-order valence-electron chi connectivity index (χ2n) is 17.4. The number of rotatable bonds is 7. The molecule has 20 heteroatoms. The normalized spacial score (nSPS) is 28.7. The van der Waals surface area contributed by atoms with Crippen molar-refractivity contribution in [3.63, 3.8) is 0 Å². The molecule has 1 radical (unpaired) electrons. The van der Waals surface area contributed by atoms with Crippen molar-refractivity contribution in [2.24, 2.45) is 35.3 Å². The number of nitrogens with one attached hydrogen (secondary N) is 5. The molecule has 1 aromatic carbocycles. The number of Topliss-reactive ketones (excluding diaryl/α,β-unsaturated/α-hetero) is 3. The van der Waals surface area contributed by atoms with Gasteiger partial charge in [0, 0.05) is 83.7 Å². The van der Waals surface area contributed by atoms with Gasteiger partial charge in [-0.15, -0.1) is 5.39 Å². The molecule has 8 N–H and O–H groups in total. The molecule has 11 atom stereocenters. The van der Waals surface area contributed by atoms with Gasteiger partial charge in [0.1, 0.15) is 6.04 Å². The molecule has 1 saturated heterocycles. The van der Waals surface area contributed by atoms with Crippen molar-refractivity contribution >= 4 is 74.5 Å². The van der Waals surface area contributed by atoms with Crippen LogP contribution in [0.5, 0.6) is 0 Å². The molecule has 4 heterocycles. The maximum Gasteiger partial charge on any atom is 0.243 e. The third-order valence-electron chi connectivity index (χ3n) is 13.0. The zero-order valence-electron chi connectivity index (χ0n) is 37.0. The standard InChI is InChI=1S/C44H60N7O11S.Y/c1-6-22(3)24(5)40-35(55)15-25-14-29-28-10-8-9-11-30(28)48-43(29)63(62)21-31(47-37(57)13-12-33(53)39(23(4)7-2)49-38(58)19-46-41(25)59)34(54)16-26(17-36(45)56)44(61)51-20-27(52)18-32(51)42(60)50-40;/h8,10-11,22-27,31-32,39-40,48,52H,6-7,12-21H2,1-5H3,(H2,45,56)(H,46,59)(H,47,57)(H,49,58)(H,50,60);/q-1;/t22-,23-,24-,25?,26-,27+,31-,32-,39-,40?,63?;/m0./s1. The summed E-state index contributed by atoms with van der Waals surface area (Å²) in [5, 5.41) is 22.1. The number of hydrogen-bond acceptors (Lipinski definition) is 11. The number of aliphatic hydroxyl groups is 1. The average Bonchev–Trinajstić information content (AvgIpc) is 3.83. The number of carbonyl (C=O) groups is 9. The molecule has 64 heavy (non-hydrogen) atoms. The van der Waals surface area contributed by atoms with Gasteiger partial charge in [0.2, 0.25) is 35.4 Å². The van der Waals surface area contributed by atoms with Crippen molar-refractivity contribution in [1.82, 2.24) is 31.2 Å². The van der Waals surface area contributed by atoms with Crippen molar-refractivity contribution in [2.45, 2.75) is 128 Å². The zero-order valence-corrected chi connectivity index (χ0v) is 40.7. The third-order valence-corrected chi connectivity index (χ3v) is 14.4. The van der Waals surface area contributed by atoms with E-state index in [0.29, 0.717) is 29.3 Å². The molecule has 0 saturated carbocycles. The Morgan fingerprint density at radius 1 is 0.906 bits per heavy atom. The Balaban J connectivity index is 0.00000898. The fraction of sp³-hybridized carbons (Fsp3) is 0.614. The first-order valence-corrected chi connectivity index (χ1v) is 23.1. The van der Waals surface area contributed by atoms with Gasteiger partial charge in [-0.05, 0) is 29.7 Å². The Bertz CT molecular complexity index is 2150. The van der Waals surface area contributed by atoms with Crippen molar-refractivity contribution < 1.29 is 85.2 Å². The SMILES string of the molecule is CC[C@H](C)[C@@H]1NC(=O)CNC(=O)C2CC(=O)C([C@@H](C)[C@@H](C)CC)NC(=O)[C@@H]3C[C@@H](O)CN3C(=O)[C@H](CC(N)=O)CC(=O)[C@H](CS(=O)c3[nH]c4c[c-]ccc4c3C2)NC(=O)CCC1=O.[Y]. The first-order valence-electron chi connectivity index (χ1n) is 21.7. The quantitative estimate of drug-likeness (QED) is 0.185. The number of amides is 6. The van der Waals surface area contributed by atoms with Crippen molar-refractivity contribution in [3.8, 4) is 0 Å². The number of benzene rings is 1. The zero-order chi connectivity index (χ0) is 46.3. The molecule has 3 unspecified atom stereocenters. The molecule has 347 valence electrons. The number of fused-ring (bicyclic) bond motifs is 5. The van der Waals surface area contributed by atoms with Crippen molar-refractivity contribution in [3.05, 3.63) is 29.8 Å². The summed E-state index contributed by atoms with van der Waals surface area (Å²) < 4.78 is 14.6. The second kappa shape index (κ2) is 23.3. The van der Waals surface area contributed by atoms with Gasteiger partial charge >= 0.3 is 0 Å². The summed E-state index contributed by atoms with van der Waals surface area (Å²) in [6.45, 7) is 8.25. The topological polar surface area (TPSA) is 284 Å². The molecule has 0 aliphatic carbocycles. The maximum atomic E-state index is 14.7. The van der Waals surface area contributed by atoms with Crippen molar-refractivity contribution in [1.29, 1.82) is 0 Å². The Morgan fingerprint density at radius 2 is 1.62 bits per heavy atom. The average molecular weight is 984 g/mol. The largest absolute Gasteiger partial charge is 0.401 e. The minimum Gasteiger partial charge on any atom is -0.401 e. The predicted molar refractivity (Wildman–Crippen MR) is 229 cm³/mol. The van der Waals surface area contributed by atoms with Crippen LogP contribution in [-0.4, -0.2) is 121 Å². The number of aliphatic hydroxyl groups excluding tert-OH is 1. The van der Waals surface area contributed by atoms with Gasteiger partial charge in [-0.3, -0.25) is 47.4 Å². The van der Waals surface area contributed by atoms with Crippen LogP contribution in [0.15, 0.2) is 23.2 Å². The predicted octanol–water partition coefficient (Wildman–Crippen LogP) is 0.279. The van der Waals surface area contributed by atoms with Crippen LogP contribution in [-0.2, 0) is 93.1 Å². The van der Waals surface area contributed by atoms with Gasteiger partial charge < -0.3 is 42.0 Å². The van der Waals surface area contributed by atoms with Crippen LogP contribution in [0.25, 0.3) is 10.9 Å². The molecule has 3 aliphatic heterocycles. The Hall–Kier alpha value is -4.20. The molecule has 3 aliphatic rings. The van der Waals surface area contributed by atoms with E-state index in [4.69, 9.17) is 5.73 Å². The molecule has 5 rings (SSSR count). The number of nitrogens with two attached hydrogens (primary N) is 1. The Morgan fingerprint density at radius 3 is 2.30 bits per heavy atom. The van der Waals surface area contributed by atoms with E-state index in [1.165, 1.54) is 0 Å². The van der Waals surface area contributed by atoms with E-state index in [0.717, 1.165) is 4.90 Å². The van der Waals surface area contributed by atoms with Gasteiger partial charge in [0.15, 0.2) is 17.3 Å². The van der Waals surface area contributed by atoms with Crippen molar-refractivity contribution in [2.75, 3.05) is 18.8 Å². The third kappa shape index (κ3) is 12.8. The fourth-order valence-corrected chi connectivity index (χ4v) is 10.1. The summed E-state index contributed by atoms with van der Waals surface area (Å²) in [4.78, 5) is 129. The number of ketones is 3. The van der Waals surface area contributed by atoms with E-state index in [-0.39, 0.29) is 75.4 Å². The van der Waals surface area contributed by atoms with Crippen LogP contribution in [0.2, 0.25) is 0 Å². The smallest absolute Gasteiger partial charge is 0.243 e. The van der Waals surface area contributed by atoms with Gasteiger partial charge in [0.05, 0.1) is 58.3 Å². The molecule has 2 aromatic rings. The number of aromatic nitrogens is 1. The number of primary amides is 1.